The number of nitrogens with one attached hydrogen (secondary N) is 1. The lowest BCUT2D eigenvalue weighted by atomic mass is 9.86. The van der Waals surface area contributed by atoms with Gasteiger partial charge in [0.2, 0.25) is 11.8 Å². The molecule has 1 fully saturated rings. The van der Waals surface area contributed by atoms with Gasteiger partial charge < -0.3 is 19.7 Å². The van der Waals surface area contributed by atoms with E-state index >= 15 is 0 Å². The third kappa shape index (κ3) is 8.53. The molecule has 1 N–H and O–H groups in total. The van der Waals surface area contributed by atoms with Crippen molar-refractivity contribution in [3.8, 4) is 11.5 Å². The van der Waals surface area contributed by atoms with E-state index in [-0.39, 0.29) is 42.8 Å². The smallest absolute Gasteiger partial charge is 0.244 e. The van der Waals surface area contributed by atoms with Crippen LogP contribution in [0, 0.1) is 12.8 Å². The van der Waals surface area contributed by atoms with Gasteiger partial charge >= 0.3 is 0 Å². The number of halogens is 1. The summed E-state index contributed by atoms with van der Waals surface area (Å²) in [5, 5.41) is 7.18. The zero-order chi connectivity index (χ0) is 25.3. The van der Waals surface area contributed by atoms with Gasteiger partial charge in [-0.25, -0.2) is 0 Å². The number of hydrogen-bond donors (Lipinski definition) is 1. The first-order valence-electron chi connectivity index (χ1n) is 12.4. The number of carbonyl (C=O) groups excluding carboxylic acids is 2. The Hall–Kier alpha value is -3.52. The van der Waals surface area contributed by atoms with Crippen LogP contribution in [0.5, 0.6) is 11.5 Å². The van der Waals surface area contributed by atoms with Crippen molar-refractivity contribution in [1.82, 2.24) is 14.7 Å². The zero-order valence-electron chi connectivity index (χ0n) is 21.3. The predicted octanol–water partition coefficient (Wildman–Crippen LogP) is 4.73. The largest absolute Gasteiger partial charge is 0.492 e. The van der Waals surface area contributed by atoms with E-state index in [0.717, 1.165) is 37.2 Å². The number of carbonyl (C=O) groups is 2. The Balaban J connectivity index is 0.00000380. The normalized spacial score (nSPS) is 16.8. The highest BCUT2D eigenvalue weighted by Gasteiger charge is 2.27. The molecule has 1 aliphatic carbocycles. The predicted molar refractivity (Wildman–Crippen MR) is 145 cm³/mol. The summed E-state index contributed by atoms with van der Waals surface area (Å²) in [6, 6.07) is 17.6. The van der Waals surface area contributed by atoms with Gasteiger partial charge in [0.05, 0.1) is 24.5 Å². The maximum absolute atomic E-state index is 12.7. The Morgan fingerprint density at radius 2 is 1.73 bits per heavy atom. The van der Waals surface area contributed by atoms with Crippen molar-refractivity contribution in [3.05, 3.63) is 72.6 Å². The second-order valence-electron chi connectivity index (χ2n) is 9.30. The Morgan fingerprint density at radius 1 is 1.03 bits per heavy atom. The molecule has 0 bridgehead atoms. The maximum Gasteiger partial charge on any atom is 0.244 e. The van der Waals surface area contributed by atoms with E-state index in [0.29, 0.717) is 18.8 Å². The lowest BCUT2D eigenvalue weighted by Gasteiger charge is -2.28. The van der Waals surface area contributed by atoms with E-state index in [1.807, 2.05) is 61.5 Å². The van der Waals surface area contributed by atoms with Crippen molar-refractivity contribution in [2.45, 2.75) is 45.3 Å². The fourth-order valence-electron chi connectivity index (χ4n) is 4.21. The van der Waals surface area contributed by atoms with Gasteiger partial charge in [-0.2, -0.15) is 5.10 Å². The molecule has 8 nitrogen and oxygen atoms in total. The zero-order valence-corrected chi connectivity index (χ0v) is 22.2. The van der Waals surface area contributed by atoms with Crippen molar-refractivity contribution in [2.75, 3.05) is 25.5 Å². The van der Waals surface area contributed by atoms with Gasteiger partial charge in [0, 0.05) is 19.2 Å². The average Bonchev–Trinajstić information content (AvgIpc) is 3.32. The lowest BCUT2D eigenvalue weighted by molar-refractivity contribution is -0.131. The van der Waals surface area contributed by atoms with E-state index in [1.54, 1.807) is 29.0 Å². The molecule has 0 unspecified atom stereocenters. The van der Waals surface area contributed by atoms with Crippen LogP contribution < -0.4 is 14.8 Å². The van der Waals surface area contributed by atoms with Crippen molar-refractivity contribution in [3.63, 3.8) is 0 Å². The molecule has 4 rings (SSSR count). The summed E-state index contributed by atoms with van der Waals surface area (Å²) in [6.07, 6.45) is 6.68. The van der Waals surface area contributed by atoms with Crippen LogP contribution in [-0.4, -0.2) is 52.8 Å². The number of para-hydroxylation sites is 1. The standard InChI is InChI=1S/C28H34N4O4.ClH/c1-21-8-12-24(13-9-21)35-17-16-31(2)27(33)20-32-19-23(18-29-32)30-28(34)22-10-14-26(15-11-22)36-25-6-4-3-5-7-25;/h3-9,12-13,18-19,22,26H,10-11,14-17,20H2,1-2H3,(H,30,34);1H. The van der Waals surface area contributed by atoms with Gasteiger partial charge in [-0.3, -0.25) is 14.3 Å². The van der Waals surface area contributed by atoms with Crippen LogP contribution in [0.2, 0.25) is 0 Å². The van der Waals surface area contributed by atoms with Gasteiger partial charge in [-0.1, -0.05) is 35.9 Å². The monoisotopic (exact) mass is 526 g/mol. The molecule has 1 aliphatic rings. The Morgan fingerprint density at radius 3 is 2.43 bits per heavy atom. The summed E-state index contributed by atoms with van der Waals surface area (Å²) < 4.78 is 13.3. The van der Waals surface area contributed by atoms with E-state index < -0.39 is 0 Å². The van der Waals surface area contributed by atoms with E-state index in [4.69, 9.17) is 9.47 Å². The highest BCUT2D eigenvalue weighted by molar-refractivity contribution is 5.92. The molecule has 198 valence electrons. The fourth-order valence-corrected chi connectivity index (χ4v) is 4.21. The quantitative estimate of drug-likeness (QED) is 0.413. The summed E-state index contributed by atoms with van der Waals surface area (Å²) in [6.45, 7) is 2.99. The number of nitrogens with zero attached hydrogens (tertiary/aromatic N) is 3. The number of aryl methyl sites for hydroxylation is 1. The molecule has 1 saturated carbocycles. The van der Waals surface area contributed by atoms with Gasteiger partial charge in [0.25, 0.3) is 0 Å². The number of hydrogen-bond acceptors (Lipinski definition) is 5. The average molecular weight is 527 g/mol. The number of aromatic nitrogens is 2. The van der Waals surface area contributed by atoms with Crippen LogP contribution >= 0.6 is 12.4 Å². The van der Waals surface area contributed by atoms with Crippen molar-refractivity contribution in [1.29, 1.82) is 0 Å². The topological polar surface area (TPSA) is 85.7 Å². The van der Waals surface area contributed by atoms with Gasteiger partial charge in [0.15, 0.2) is 0 Å². The van der Waals surface area contributed by atoms with E-state index in [2.05, 4.69) is 10.4 Å². The van der Waals surface area contributed by atoms with Crippen molar-refractivity contribution >= 4 is 29.9 Å². The molecule has 2 aromatic carbocycles. The summed E-state index contributed by atoms with van der Waals surface area (Å²) in [5.41, 5.74) is 1.77. The van der Waals surface area contributed by atoms with Crippen LogP contribution in [0.4, 0.5) is 5.69 Å². The Labute approximate surface area is 224 Å². The summed E-state index contributed by atoms with van der Waals surface area (Å²) in [7, 11) is 1.74. The minimum Gasteiger partial charge on any atom is -0.492 e. The second-order valence-corrected chi connectivity index (χ2v) is 9.30. The summed E-state index contributed by atoms with van der Waals surface area (Å²) in [4.78, 5) is 26.9. The van der Waals surface area contributed by atoms with Crippen LogP contribution in [0.25, 0.3) is 0 Å². The molecule has 3 aromatic rings. The van der Waals surface area contributed by atoms with Gasteiger partial charge in [-0.05, 0) is 56.9 Å². The minimum absolute atomic E-state index is 0. The number of rotatable bonds is 10. The molecule has 0 spiro atoms. The SMILES string of the molecule is Cc1ccc(OCCN(C)C(=O)Cn2cc(NC(=O)C3CCC(Oc4ccccc4)CC3)cn2)cc1.Cl. The van der Waals surface area contributed by atoms with Gasteiger partial charge in [0.1, 0.15) is 24.7 Å². The van der Waals surface area contributed by atoms with Gasteiger partial charge in [-0.15, -0.1) is 12.4 Å². The molecule has 9 heteroatoms. The summed E-state index contributed by atoms with van der Waals surface area (Å²) >= 11 is 0. The Kier molecular flexibility index (Phi) is 10.4. The highest BCUT2D eigenvalue weighted by Crippen LogP contribution is 2.28. The number of likely N-dealkylation sites (N-methyl/N-ethyl adjacent to an activating group) is 1. The molecule has 0 saturated heterocycles. The molecule has 2 amide bonds. The second kappa shape index (κ2) is 13.7. The molecule has 0 atom stereocenters. The third-order valence-electron chi connectivity index (χ3n) is 6.43. The fraction of sp³-hybridized carbons (Fsp3) is 0.393. The first kappa shape index (κ1) is 28.1. The number of anilines is 1. The van der Waals surface area contributed by atoms with Crippen molar-refractivity contribution < 1.29 is 19.1 Å². The molecular weight excluding hydrogens is 492 g/mol. The molecule has 1 heterocycles. The van der Waals surface area contributed by atoms with Crippen molar-refractivity contribution in [2.24, 2.45) is 5.92 Å². The van der Waals surface area contributed by atoms with Crippen LogP contribution in [0.3, 0.4) is 0 Å². The molecule has 0 aliphatic heterocycles. The maximum atomic E-state index is 12.7. The van der Waals surface area contributed by atoms with Crippen LogP contribution in [0.1, 0.15) is 31.2 Å². The third-order valence-corrected chi connectivity index (χ3v) is 6.43. The number of ether oxygens (including phenoxy) is 2. The first-order chi connectivity index (χ1) is 17.5. The molecule has 0 radical (unpaired) electrons. The number of amides is 2. The van der Waals surface area contributed by atoms with Crippen LogP contribution in [-0.2, 0) is 16.1 Å². The van der Waals surface area contributed by atoms with E-state index in [1.165, 1.54) is 5.56 Å². The number of benzene rings is 2. The Bertz CT molecular complexity index is 1130. The first-order valence-corrected chi connectivity index (χ1v) is 12.4. The van der Waals surface area contributed by atoms with E-state index in [9.17, 15) is 9.59 Å². The lowest BCUT2D eigenvalue weighted by Crippen LogP contribution is -2.33. The summed E-state index contributed by atoms with van der Waals surface area (Å²) in [5.74, 6) is 1.51. The highest BCUT2D eigenvalue weighted by atomic mass is 35.5. The molecule has 37 heavy (non-hydrogen) atoms. The molecular formula is C28H35ClN4O4. The van der Waals surface area contributed by atoms with Crippen LogP contribution in [0.15, 0.2) is 67.0 Å². The minimum atomic E-state index is -0.0831. The molecule has 1 aromatic heterocycles.